The monoisotopic (exact) mass is 245 g/mol. The van der Waals surface area contributed by atoms with E-state index in [1.54, 1.807) is 5.56 Å². The van der Waals surface area contributed by atoms with Crippen LogP contribution in [0, 0.1) is 5.92 Å². The first-order chi connectivity index (χ1) is 8.76. The van der Waals surface area contributed by atoms with Crippen molar-refractivity contribution in [3.8, 4) is 0 Å². The molecule has 2 unspecified atom stereocenters. The predicted octanol–water partition coefficient (Wildman–Crippen LogP) is 4.65. The summed E-state index contributed by atoms with van der Waals surface area (Å²) in [4.78, 5) is 0. The van der Waals surface area contributed by atoms with Gasteiger partial charge in [-0.05, 0) is 42.3 Å². The van der Waals surface area contributed by atoms with Crippen molar-refractivity contribution >= 4 is 0 Å². The number of benzene rings is 1. The lowest BCUT2D eigenvalue weighted by Gasteiger charge is -2.29. The van der Waals surface area contributed by atoms with Gasteiger partial charge in [0.1, 0.15) is 0 Å². The van der Waals surface area contributed by atoms with Crippen molar-refractivity contribution in [3.63, 3.8) is 0 Å². The minimum Gasteiger partial charge on any atom is -0.310 e. The van der Waals surface area contributed by atoms with E-state index >= 15 is 0 Å². The van der Waals surface area contributed by atoms with Crippen molar-refractivity contribution in [2.75, 3.05) is 6.54 Å². The van der Waals surface area contributed by atoms with Crippen LogP contribution in [0.5, 0.6) is 0 Å². The standard InChI is InChI=1S/C17H27N/c1-4-13(3)17(18-5-2)16-11-7-10-15(12-16)14-8-6-9-14/h7,10-14,17-18H,4-6,8-9H2,1-3H3. The van der Waals surface area contributed by atoms with Crippen LogP contribution in [0.4, 0.5) is 0 Å². The summed E-state index contributed by atoms with van der Waals surface area (Å²) in [5.74, 6) is 1.53. The molecular formula is C17H27N. The number of rotatable bonds is 6. The highest BCUT2D eigenvalue weighted by Crippen LogP contribution is 2.37. The molecule has 1 heteroatoms. The van der Waals surface area contributed by atoms with Crippen molar-refractivity contribution in [2.45, 2.75) is 58.4 Å². The molecule has 100 valence electrons. The summed E-state index contributed by atoms with van der Waals surface area (Å²) in [6.07, 6.45) is 5.42. The maximum absolute atomic E-state index is 3.65. The molecule has 0 spiro atoms. The Labute approximate surface area is 112 Å². The van der Waals surface area contributed by atoms with Crippen LogP contribution >= 0.6 is 0 Å². The Kier molecular flexibility index (Phi) is 4.82. The van der Waals surface area contributed by atoms with Crippen LogP contribution in [0.15, 0.2) is 24.3 Å². The van der Waals surface area contributed by atoms with Gasteiger partial charge in [-0.2, -0.15) is 0 Å². The van der Waals surface area contributed by atoms with E-state index in [1.807, 2.05) is 0 Å². The van der Waals surface area contributed by atoms with Crippen LogP contribution in [-0.2, 0) is 0 Å². The molecule has 0 aliphatic heterocycles. The molecule has 1 nitrogen and oxygen atoms in total. The summed E-state index contributed by atoms with van der Waals surface area (Å²) in [6, 6.07) is 9.81. The molecule has 1 fully saturated rings. The van der Waals surface area contributed by atoms with E-state index < -0.39 is 0 Å². The fraction of sp³-hybridized carbons (Fsp3) is 0.647. The van der Waals surface area contributed by atoms with Gasteiger partial charge in [0.05, 0.1) is 0 Å². The maximum atomic E-state index is 3.65. The third kappa shape index (κ3) is 2.95. The molecule has 0 radical (unpaired) electrons. The SMILES string of the molecule is CCNC(c1cccc(C2CCC2)c1)C(C)CC. The second-order valence-electron chi connectivity index (χ2n) is 5.72. The van der Waals surface area contributed by atoms with E-state index in [2.05, 4.69) is 50.4 Å². The van der Waals surface area contributed by atoms with Gasteiger partial charge in [-0.25, -0.2) is 0 Å². The van der Waals surface area contributed by atoms with E-state index in [1.165, 1.54) is 31.2 Å². The van der Waals surface area contributed by atoms with E-state index in [0.29, 0.717) is 12.0 Å². The van der Waals surface area contributed by atoms with Crippen LogP contribution in [0.1, 0.15) is 69.5 Å². The van der Waals surface area contributed by atoms with Gasteiger partial charge >= 0.3 is 0 Å². The highest BCUT2D eigenvalue weighted by molar-refractivity contribution is 5.30. The third-order valence-electron chi connectivity index (χ3n) is 4.48. The van der Waals surface area contributed by atoms with Gasteiger partial charge in [0.25, 0.3) is 0 Å². The fourth-order valence-corrected chi connectivity index (χ4v) is 2.85. The van der Waals surface area contributed by atoms with Gasteiger partial charge in [0, 0.05) is 6.04 Å². The molecule has 18 heavy (non-hydrogen) atoms. The summed E-state index contributed by atoms with van der Waals surface area (Å²) in [5, 5.41) is 3.65. The molecular weight excluding hydrogens is 218 g/mol. The van der Waals surface area contributed by atoms with Gasteiger partial charge in [-0.3, -0.25) is 0 Å². The van der Waals surface area contributed by atoms with Crippen LogP contribution in [0.2, 0.25) is 0 Å². The van der Waals surface area contributed by atoms with Crippen LogP contribution < -0.4 is 5.32 Å². The number of hydrogen-bond donors (Lipinski definition) is 1. The maximum Gasteiger partial charge on any atom is 0.0345 e. The molecule has 1 aliphatic carbocycles. The lowest BCUT2D eigenvalue weighted by atomic mass is 9.79. The first kappa shape index (κ1) is 13.6. The lowest BCUT2D eigenvalue weighted by Crippen LogP contribution is -2.26. The van der Waals surface area contributed by atoms with Crippen molar-refractivity contribution in [1.29, 1.82) is 0 Å². The van der Waals surface area contributed by atoms with E-state index in [4.69, 9.17) is 0 Å². The zero-order valence-electron chi connectivity index (χ0n) is 12.1. The second kappa shape index (κ2) is 6.38. The first-order valence-corrected chi connectivity index (χ1v) is 7.59. The quantitative estimate of drug-likeness (QED) is 0.769. The summed E-state index contributed by atoms with van der Waals surface area (Å²) in [7, 11) is 0. The van der Waals surface area contributed by atoms with Crippen molar-refractivity contribution in [3.05, 3.63) is 35.4 Å². The molecule has 0 aromatic heterocycles. The predicted molar refractivity (Wildman–Crippen MR) is 78.9 cm³/mol. The van der Waals surface area contributed by atoms with Gasteiger partial charge < -0.3 is 5.32 Å². The molecule has 1 aliphatic rings. The molecule has 0 amide bonds. The zero-order valence-corrected chi connectivity index (χ0v) is 12.1. The van der Waals surface area contributed by atoms with E-state index in [9.17, 15) is 0 Å². The molecule has 1 N–H and O–H groups in total. The average molecular weight is 245 g/mol. The van der Waals surface area contributed by atoms with E-state index in [0.717, 1.165) is 12.5 Å². The molecule has 2 atom stereocenters. The molecule has 0 bridgehead atoms. The Morgan fingerprint density at radius 3 is 2.61 bits per heavy atom. The molecule has 1 aromatic rings. The second-order valence-corrected chi connectivity index (χ2v) is 5.72. The lowest BCUT2D eigenvalue weighted by molar-refractivity contribution is 0.381. The van der Waals surface area contributed by atoms with E-state index in [-0.39, 0.29) is 0 Å². The molecule has 1 aromatic carbocycles. The highest BCUT2D eigenvalue weighted by Gasteiger charge is 2.22. The fourth-order valence-electron chi connectivity index (χ4n) is 2.85. The Hall–Kier alpha value is -0.820. The first-order valence-electron chi connectivity index (χ1n) is 7.59. The molecule has 2 rings (SSSR count). The van der Waals surface area contributed by atoms with Crippen molar-refractivity contribution < 1.29 is 0 Å². The summed E-state index contributed by atoms with van der Waals surface area (Å²) in [6.45, 7) is 7.88. The Morgan fingerprint density at radius 1 is 1.28 bits per heavy atom. The Balaban J connectivity index is 2.17. The van der Waals surface area contributed by atoms with Gasteiger partial charge in [0.2, 0.25) is 0 Å². The zero-order chi connectivity index (χ0) is 13.0. The Morgan fingerprint density at radius 2 is 2.06 bits per heavy atom. The summed E-state index contributed by atoms with van der Waals surface area (Å²) in [5.41, 5.74) is 3.04. The average Bonchev–Trinajstić information content (AvgIpc) is 2.33. The van der Waals surface area contributed by atoms with Crippen LogP contribution in [-0.4, -0.2) is 6.54 Å². The normalized spacial score (nSPS) is 19.3. The third-order valence-corrected chi connectivity index (χ3v) is 4.48. The minimum absolute atomic E-state index is 0.514. The van der Waals surface area contributed by atoms with Crippen molar-refractivity contribution in [1.82, 2.24) is 5.32 Å². The van der Waals surface area contributed by atoms with Gasteiger partial charge in [-0.15, -0.1) is 0 Å². The van der Waals surface area contributed by atoms with Crippen molar-refractivity contribution in [2.24, 2.45) is 5.92 Å². The summed E-state index contributed by atoms with van der Waals surface area (Å²) >= 11 is 0. The largest absolute Gasteiger partial charge is 0.310 e. The molecule has 1 saturated carbocycles. The topological polar surface area (TPSA) is 12.0 Å². The molecule has 0 saturated heterocycles. The van der Waals surface area contributed by atoms with Crippen LogP contribution in [0.25, 0.3) is 0 Å². The smallest absolute Gasteiger partial charge is 0.0345 e. The van der Waals surface area contributed by atoms with Gasteiger partial charge in [-0.1, -0.05) is 57.9 Å². The van der Waals surface area contributed by atoms with Gasteiger partial charge in [0.15, 0.2) is 0 Å². The Bertz CT molecular complexity index is 368. The minimum atomic E-state index is 0.514. The highest BCUT2D eigenvalue weighted by atomic mass is 14.9. The van der Waals surface area contributed by atoms with Crippen LogP contribution in [0.3, 0.4) is 0 Å². The number of nitrogens with one attached hydrogen (secondary N) is 1. The molecule has 0 heterocycles. The number of hydrogen-bond acceptors (Lipinski definition) is 1. The summed E-state index contributed by atoms with van der Waals surface area (Å²) < 4.78 is 0.